The second-order valence-corrected chi connectivity index (χ2v) is 10.5. The van der Waals surface area contributed by atoms with Gasteiger partial charge in [0.1, 0.15) is 4.90 Å². The Balaban J connectivity index is 1.69. The van der Waals surface area contributed by atoms with Crippen molar-refractivity contribution in [2.75, 3.05) is 24.5 Å². The molecule has 4 rings (SSSR count). The van der Waals surface area contributed by atoms with Gasteiger partial charge in [0.2, 0.25) is 10.0 Å². The molecule has 0 fully saturated rings. The summed E-state index contributed by atoms with van der Waals surface area (Å²) in [7, 11) is -3.63. The summed E-state index contributed by atoms with van der Waals surface area (Å²) in [5, 5.41) is 0. The highest BCUT2D eigenvalue weighted by Crippen LogP contribution is 2.38. The van der Waals surface area contributed by atoms with Gasteiger partial charge >= 0.3 is 0 Å². The highest BCUT2D eigenvalue weighted by Gasteiger charge is 2.33. The number of benzene rings is 2. The Morgan fingerprint density at radius 1 is 1.07 bits per heavy atom. The van der Waals surface area contributed by atoms with Crippen molar-refractivity contribution in [1.82, 2.24) is 14.3 Å². The number of hydrogen-bond acceptors (Lipinski definition) is 4. The molecule has 0 saturated heterocycles. The van der Waals surface area contributed by atoms with Crippen molar-refractivity contribution in [2.45, 2.75) is 17.9 Å². The van der Waals surface area contributed by atoms with Gasteiger partial charge in [-0.25, -0.2) is 13.4 Å². The van der Waals surface area contributed by atoms with Gasteiger partial charge < -0.3 is 9.88 Å². The van der Waals surface area contributed by atoms with Gasteiger partial charge in [-0.2, -0.15) is 4.31 Å². The van der Waals surface area contributed by atoms with Gasteiger partial charge in [0.15, 0.2) is 0 Å². The number of nitrogens with one attached hydrogen (secondary N) is 1. The van der Waals surface area contributed by atoms with Crippen LogP contribution < -0.4 is 4.90 Å². The Labute approximate surface area is 187 Å². The third-order valence-electron chi connectivity index (χ3n) is 4.99. The third-order valence-corrected chi connectivity index (χ3v) is 8.76. The molecule has 0 radical (unpaired) electrons. The number of hydrogen-bond donors (Lipinski definition) is 1. The SMILES string of the molecule is O=S1(=O)c2cc(Br)c(Br)cc2N(Cc2cnc[nH]2)CCN1CCc1ccccc1. The van der Waals surface area contributed by atoms with Crippen LogP contribution in [0.15, 0.2) is 68.8 Å². The smallest absolute Gasteiger partial charge is 0.245 e. The van der Waals surface area contributed by atoms with E-state index in [1.807, 2.05) is 36.4 Å². The van der Waals surface area contributed by atoms with Gasteiger partial charge in [0, 0.05) is 34.8 Å². The molecule has 29 heavy (non-hydrogen) atoms. The number of rotatable bonds is 5. The summed E-state index contributed by atoms with van der Waals surface area (Å²) >= 11 is 6.98. The predicted molar refractivity (Wildman–Crippen MR) is 120 cm³/mol. The zero-order valence-corrected chi connectivity index (χ0v) is 19.5. The molecule has 1 aliphatic rings. The zero-order valence-electron chi connectivity index (χ0n) is 15.6. The molecule has 1 aliphatic heterocycles. The number of imidazole rings is 1. The number of H-pyrrole nitrogens is 1. The summed E-state index contributed by atoms with van der Waals surface area (Å²) in [5.74, 6) is 0. The Hall–Kier alpha value is -1.68. The van der Waals surface area contributed by atoms with Crippen LogP contribution in [0.5, 0.6) is 0 Å². The van der Waals surface area contributed by atoms with Gasteiger partial charge in [0.25, 0.3) is 0 Å². The maximum atomic E-state index is 13.5. The standard InChI is InChI=1S/C20H20Br2N4O2S/c21-17-10-19-20(11-18(17)22)29(27,28)26(7-6-15-4-2-1-3-5-15)9-8-25(19)13-16-12-23-14-24-16/h1-5,10-12,14H,6-9,13H2,(H,23,24). The summed E-state index contributed by atoms with van der Waals surface area (Å²) < 4.78 is 30.1. The fourth-order valence-electron chi connectivity index (χ4n) is 3.46. The molecule has 2 heterocycles. The Morgan fingerprint density at radius 2 is 1.83 bits per heavy atom. The number of anilines is 1. The van der Waals surface area contributed by atoms with Crippen LogP contribution in [0.2, 0.25) is 0 Å². The van der Waals surface area contributed by atoms with E-state index < -0.39 is 10.0 Å². The van der Waals surface area contributed by atoms with Crippen molar-refractivity contribution in [2.24, 2.45) is 0 Å². The zero-order chi connectivity index (χ0) is 20.4. The van der Waals surface area contributed by atoms with Crippen LogP contribution in [-0.4, -0.2) is 42.3 Å². The fourth-order valence-corrected chi connectivity index (χ4v) is 5.93. The molecule has 1 N–H and O–H groups in total. The molecule has 0 bridgehead atoms. The lowest BCUT2D eigenvalue weighted by atomic mass is 10.1. The molecule has 2 aromatic carbocycles. The average Bonchev–Trinajstić information content (AvgIpc) is 3.19. The van der Waals surface area contributed by atoms with E-state index >= 15 is 0 Å². The minimum absolute atomic E-state index is 0.317. The molecular weight excluding hydrogens is 520 g/mol. The molecule has 0 spiro atoms. The first kappa shape index (κ1) is 20.6. The molecule has 0 unspecified atom stereocenters. The van der Waals surface area contributed by atoms with Crippen molar-refractivity contribution in [1.29, 1.82) is 0 Å². The molecule has 6 nitrogen and oxygen atoms in total. The van der Waals surface area contributed by atoms with Gasteiger partial charge in [-0.3, -0.25) is 0 Å². The van der Waals surface area contributed by atoms with Crippen LogP contribution in [0.3, 0.4) is 0 Å². The van der Waals surface area contributed by atoms with E-state index in [-0.39, 0.29) is 0 Å². The second kappa shape index (κ2) is 8.59. The summed E-state index contributed by atoms with van der Waals surface area (Å²) in [5.41, 5.74) is 2.75. The summed E-state index contributed by atoms with van der Waals surface area (Å²) in [6.45, 7) is 2.02. The van der Waals surface area contributed by atoms with E-state index in [0.29, 0.717) is 47.7 Å². The minimum atomic E-state index is -3.63. The maximum absolute atomic E-state index is 13.5. The highest BCUT2D eigenvalue weighted by atomic mass is 79.9. The van der Waals surface area contributed by atoms with Gasteiger partial charge in [-0.1, -0.05) is 30.3 Å². The number of nitrogens with zero attached hydrogens (tertiary/aromatic N) is 3. The number of sulfonamides is 1. The van der Waals surface area contributed by atoms with Crippen molar-refractivity contribution in [3.05, 3.63) is 75.2 Å². The van der Waals surface area contributed by atoms with Crippen molar-refractivity contribution >= 4 is 47.6 Å². The lowest BCUT2D eigenvalue weighted by Crippen LogP contribution is -2.36. The summed E-state index contributed by atoms with van der Waals surface area (Å²) in [6, 6.07) is 13.5. The van der Waals surface area contributed by atoms with Crippen molar-refractivity contribution < 1.29 is 8.42 Å². The Bertz CT molecular complexity index is 1090. The van der Waals surface area contributed by atoms with E-state index in [1.54, 1.807) is 22.9 Å². The van der Waals surface area contributed by atoms with Crippen LogP contribution >= 0.6 is 31.9 Å². The Morgan fingerprint density at radius 3 is 2.55 bits per heavy atom. The first-order valence-electron chi connectivity index (χ1n) is 9.20. The fraction of sp³-hybridized carbons (Fsp3) is 0.250. The van der Waals surface area contributed by atoms with Gasteiger partial charge in [-0.15, -0.1) is 0 Å². The first-order chi connectivity index (χ1) is 13.9. The molecule has 152 valence electrons. The highest BCUT2D eigenvalue weighted by molar-refractivity contribution is 9.13. The number of aromatic amines is 1. The maximum Gasteiger partial charge on any atom is 0.245 e. The van der Waals surface area contributed by atoms with E-state index in [9.17, 15) is 8.42 Å². The van der Waals surface area contributed by atoms with E-state index in [4.69, 9.17) is 0 Å². The molecule has 0 amide bonds. The number of aromatic nitrogens is 2. The first-order valence-corrected chi connectivity index (χ1v) is 12.2. The predicted octanol–water partition coefficient (Wildman–Crippen LogP) is 4.19. The van der Waals surface area contributed by atoms with Crippen LogP contribution in [-0.2, 0) is 23.0 Å². The van der Waals surface area contributed by atoms with Gasteiger partial charge in [0.05, 0.1) is 24.3 Å². The van der Waals surface area contributed by atoms with Crippen LogP contribution in [0.25, 0.3) is 0 Å². The van der Waals surface area contributed by atoms with Crippen LogP contribution in [0.1, 0.15) is 11.3 Å². The Kier molecular flexibility index (Phi) is 6.10. The van der Waals surface area contributed by atoms with Crippen molar-refractivity contribution in [3.8, 4) is 0 Å². The third kappa shape index (κ3) is 4.42. The average molecular weight is 540 g/mol. The topological polar surface area (TPSA) is 69.3 Å². The second-order valence-electron chi connectivity index (χ2n) is 6.87. The van der Waals surface area contributed by atoms with Crippen molar-refractivity contribution in [3.63, 3.8) is 0 Å². The lowest BCUT2D eigenvalue weighted by Gasteiger charge is -2.23. The van der Waals surface area contributed by atoms with Crippen LogP contribution in [0.4, 0.5) is 5.69 Å². The molecule has 0 saturated carbocycles. The monoisotopic (exact) mass is 538 g/mol. The van der Waals surface area contributed by atoms with Gasteiger partial charge in [-0.05, 0) is 56.0 Å². The number of fused-ring (bicyclic) bond motifs is 1. The van der Waals surface area contributed by atoms with E-state index in [2.05, 4.69) is 46.7 Å². The quantitative estimate of drug-likeness (QED) is 0.528. The molecular formula is C20H20Br2N4O2S. The van der Waals surface area contributed by atoms with Crippen LogP contribution in [0, 0.1) is 0 Å². The molecule has 0 atom stereocenters. The molecule has 1 aromatic heterocycles. The summed E-state index contributed by atoms with van der Waals surface area (Å²) in [6.07, 6.45) is 4.07. The molecule has 9 heteroatoms. The number of halogens is 2. The largest absolute Gasteiger partial charge is 0.363 e. The molecule has 3 aromatic rings. The normalized spacial score (nSPS) is 16.4. The van der Waals surface area contributed by atoms with E-state index in [1.165, 1.54) is 0 Å². The molecule has 0 aliphatic carbocycles. The summed E-state index contributed by atoms with van der Waals surface area (Å²) in [4.78, 5) is 9.58. The lowest BCUT2D eigenvalue weighted by molar-refractivity contribution is 0.422. The minimum Gasteiger partial charge on any atom is -0.363 e. The van der Waals surface area contributed by atoms with E-state index in [0.717, 1.165) is 15.7 Å².